The summed E-state index contributed by atoms with van der Waals surface area (Å²) in [7, 11) is 2.02. The van der Waals surface area contributed by atoms with Gasteiger partial charge in [-0.2, -0.15) is 0 Å². The number of amides is 1. The third-order valence-corrected chi connectivity index (χ3v) is 2.18. The Morgan fingerprint density at radius 2 is 2.14 bits per heavy atom. The highest BCUT2D eigenvalue weighted by Crippen LogP contribution is 1.94. The van der Waals surface area contributed by atoms with Gasteiger partial charge in [0.2, 0.25) is 5.91 Å². The highest BCUT2D eigenvalue weighted by atomic mass is 16.1. The van der Waals surface area contributed by atoms with Gasteiger partial charge in [0.05, 0.1) is 6.04 Å². The Morgan fingerprint density at radius 1 is 1.50 bits per heavy atom. The third kappa shape index (κ3) is 5.94. The first-order valence-electron chi connectivity index (χ1n) is 5.33. The maximum atomic E-state index is 11.0. The van der Waals surface area contributed by atoms with Crippen LogP contribution in [0.3, 0.4) is 0 Å². The molecule has 4 nitrogen and oxygen atoms in total. The molecule has 3 N–H and O–H groups in total. The van der Waals surface area contributed by atoms with E-state index in [4.69, 9.17) is 5.73 Å². The van der Waals surface area contributed by atoms with Crippen LogP contribution in [0.25, 0.3) is 0 Å². The number of hydrogen-bond acceptors (Lipinski definition) is 3. The van der Waals surface area contributed by atoms with Gasteiger partial charge in [-0.05, 0) is 26.6 Å². The van der Waals surface area contributed by atoms with Crippen LogP contribution in [0.4, 0.5) is 0 Å². The zero-order valence-corrected chi connectivity index (χ0v) is 9.55. The third-order valence-electron chi connectivity index (χ3n) is 2.18. The molecule has 1 atom stereocenters. The molecule has 0 heterocycles. The maximum absolute atomic E-state index is 11.0. The van der Waals surface area contributed by atoms with E-state index in [1.165, 1.54) is 6.42 Å². The average Bonchev–Trinajstić information content (AvgIpc) is 2.14. The summed E-state index contributed by atoms with van der Waals surface area (Å²) in [6, 6.07) is -0.221. The summed E-state index contributed by atoms with van der Waals surface area (Å²) in [4.78, 5) is 13.2. The molecule has 0 aliphatic rings. The second-order valence-electron chi connectivity index (χ2n) is 3.63. The molecule has 1 amide bonds. The molecule has 0 spiro atoms. The molecule has 14 heavy (non-hydrogen) atoms. The molecule has 0 radical (unpaired) electrons. The number of nitrogens with one attached hydrogen (secondary N) is 1. The first-order chi connectivity index (χ1) is 6.61. The second kappa shape index (κ2) is 7.76. The molecule has 4 heteroatoms. The minimum Gasteiger partial charge on any atom is -0.368 e. The second-order valence-corrected chi connectivity index (χ2v) is 3.63. The minimum atomic E-state index is -0.268. The number of carbonyl (C=O) groups excluding carboxylic acids is 1. The molecule has 0 aromatic heterocycles. The number of likely N-dealkylation sites (N-methyl/N-ethyl adjacent to an activating group) is 2. The lowest BCUT2D eigenvalue weighted by molar-refractivity contribution is -0.120. The first kappa shape index (κ1) is 13.4. The molecule has 0 aliphatic heterocycles. The fourth-order valence-electron chi connectivity index (χ4n) is 1.33. The van der Waals surface area contributed by atoms with Crippen LogP contribution in [0.1, 0.15) is 26.7 Å². The lowest BCUT2D eigenvalue weighted by Crippen LogP contribution is -2.48. The van der Waals surface area contributed by atoms with Crippen molar-refractivity contribution in [1.82, 2.24) is 10.2 Å². The smallest absolute Gasteiger partial charge is 0.235 e. The first-order valence-corrected chi connectivity index (χ1v) is 5.33. The molecule has 0 aromatic rings. The fraction of sp³-hybridized carbons (Fsp3) is 0.900. The largest absolute Gasteiger partial charge is 0.368 e. The number of nitrogens with zero attached hydrogens (tertiary/aromatic N) is 1. The molecule has 0 rings (SSSR count). The van der Waals surface area contributed by atoms with Crippen LogP contribution in [0.5, 0.6) is 0 Å². The van der Waals surface area contributed by atoms with Crippen LogP contribution in [0.15, 0.2) is 0 Å². The lowest BCUT2D eigenvalue weighted by atomic mass is 10.2. The van der Waals surface area contributed by atoms with E-state index in [-0.39, 0.29) is 11.9 Å². The fourth-order valence-corrected chi connectivity index (χ4v) is 1.33. The van der Waals surface area contributed by atoms with Gasteiger partial charge >= 0.3 is 0 Å². The van der Waals surface area contributed by atoms with Gasteiger partial charge in [-0.3, -0.25) is 4.79 Å². The van der Waals surface area contributed by atoms with E-state index >= 15 is 0 Å². The van der Waals surface area contributed by atoms with Crippen molar-refractivity contribution in [3.63, 3.8) is 0 Å². The van der Waals surface area contributed by atoms with Crippen molar-refractivity contribution in [2.24, 2.45) is 5.73 Å². The van der Waals surface area contributed by atoms with Crippen molar-refractivity contribution in [2.75, 3.05) is 26.7 Å². The van der Waals surface area contributed by atoms with Crippen molar-refractivity contribution in [3.05, 3.63) is 0 Å². The van der Waals surface area contributed by atoms with Crippen LogP contribution in [-0.2, 0) is 4.79 Å². The maximum Gasteiger partial charge on any atom is 0.235 e. The van der Waals surface area contributed by atoms with Crippen molar-refractivity contribution >= 4 is 5.91 Å². The molecule has 0 fully saturated rings. The zero-order chi connectivity index (χ0) is 11.0. The molecular weight excluding hydrogens is 178 g/mol. The Kier molecular flexibility index (Phi) is 7.42. The van der Waals surface area contributed by atoms with Crippen molar-refractivity contribution in [1.29, 1.82) is 0 Å². The van der Waals surface area contributed by atoms with E-state index in [9.17, 15) is 4.79 Å². The summed E-state index contributed by atoms with van der Waals surface area (Å²) in [6.45, 7) is 6.62. The topological polar surface area (TPSA) is 58.4 Å². The van der Waals surface area contributed by atoms with Crippen LogP contribution in [0.2, 0.25) is 0 Å². The van der Waals surface area contributed by atoms with Gasteiger partial charge in [-0.15, -0.1) is 0 Å². The summed E-state index contributed by atoms with van der Waals surface area (Å²) in [6.07, 6.45) is 2.33. The number of nitrogens with two attached hydrogens (primary N) is 1. The van der Waals surface area contributed by atoms with Crippen LogP contribution < -0.4 is 11.1 Å². The predicted octanol–water partition coefficient (Wildman–Crippen LogP) is 0.182. The van der Waals surface area contributed by atoms with E-state index in [1.807, 2.05) is 14.0 Å². The van der Waals surface area contributed by atoms with E-state index in [0.717, 1.165) is 19.5 Å². The van der Waals surface area contributed by atoms with Gasteiger partial charge in [0.1, 0.15) is 0 Å². The molecular formula is C10H23N3O. The molecule has 84 valence electrons. The lowest BCUT2D eigenvalue weighted by Gasteiger charge is -2.22. The SMILES string of the molecule is CCCCN(C)CC(NCC)C(N)=O. The Morgan fingerprint density at radius 3 is 2.57 bits per heavy atom. The minimum absolute atomic E-state index is 0.221. The van der Waals surface area contributed by atoms with Gasteiger partial charge in [-0.25, -0.2) is 0 Å². The Balaban J connectivity index is 3.83. The Hall–Kier alpha value is -0.610. The Labute approximate surface area is 86.8 Å². The van der Waals surface area contributed by atoms with Crippen molar-refractivity contribution in [2.45, 2.75) is 32.7 Å². The van der Waals surface area contributed by atoms with Crippen LogP contribution in [0, 0.1) is 0 Å². The van der Waals surface area contributed by atoms with E-state index in [2.05, 4.69) is 17.1 Å². The average molecular weight is 201 g/mol. The zero-order valence-electron chi connectivity index (χ0n) is 9.55. The number of rotatable bonds is 8. The van der Waals surface area contributed by atoms with Crippen LogP contribution in [-0.4, -0.2) is 43.5 Å². The molecule has 0 aromatic carbocycles. The van der Waals surface area contributed by atoms with Crippen LogP contribution >= 0.6 is 0 Å². The molecule has 1 unspecified atom stereocenters. The summed E-state index contributed by atoms with van der Waals surface area (Å²) in [5.41, 5.74) is 5.27. The van der Waals surface area contributed by atoms with Gasteiger partial charge in [0.25, 0.3) is 0 Å². The normalized spacial score (nSPS) is 13.1. The number of unbranched alkanes of at least 4 members (excludes halogenated alkanes) is 1. The van der Waals surface area contributed by atoms with Gasteiger partial charge in [-0.1, -0.05) is 20.3 Å². The number of hydrogen-bond donors (Lipinski definition) is 2. The highest BCUT2D eigenvalue weighted by Gasteiger charge is 2.15. The van der Waals surface area contributed by atoms with Gasteiger partial charge in [0.15, 0.2) is 0 Å². The Bertz CT molecular complexity index is 161. The standard InChI is InChI=1S/C10H23N3O/c1-4-6-7-13(3)8-9(10(11)14)12-5-2/h9,12H,4-8H2,1-3H3,(H2,11,14). The van der Waals surface area contributed by atoms with Gasteiger partial charge < -0.3 is 16.0 Å². The van der Waals surface area contributed by atoms with E-state index < -0.39 is 0 Å². The molecule has 0 aliphatic carbocycles. The van der Waals surface area contributed by atoms with Crippen molar-refractivity contribution < 1.29 is 4.79 Å². The summed E-state index contributed by atoms with van der Waals surface area (Å²) >= 11 is 0. The number of carbonyl (C=O) groups is 1. The summed E-state index contributed by atoms with van der Waals surface area (Å²) in [5.74, 6) is -0.268. The quantitative estimate of drug-likeness (QED) is 0.589. The van der Waals surface area contributed by atoms with Gasteiger partial charge in [0, 0.05) is 6.54 Å². The summed E-state index contributed by atoms with van der Waals surface area (Å²) < 4.78 is 0. The van der Waals surface area contributed by atoms with Crippen molar-refractivity contribution in [3.8, 4) is 0 Å². The van der Waals surface area contributed by atoms with E-state index in [1.54, 1.807) is 0 Å². The number of primary amides is 1. The highest BCUT2D eigenvalue weighted by molar-refractivity contribution is 5.80. The monoisotopic (exact) mass is 201 g/mol. The summed E-state index contributed by atoms with van der Waals surface area (Å²) in [5, 5.41) is 3.07. The molecule has 0 saturated carbocycles. The predicted molar refractivity (Wildman–Crippen MR) is 59.1 cm³/mol. The molecule has 0 saturated heterocycles. The van der Waals surface area contributed by atoms with E-state index in [0.29, 0.717) is 6.54 Å². The molecule has 0 bridgehead atoms.